The van der Waals surface area contributed by atoms with Crippen LogP contribution in [0.2, 0.25) is 0 Å². The van der Waals surface area contributed by atoms with Gasteiger partial charge in [-0.15, -0.1) is 6.42 Å². The van der Waals surface area contributed by atoms with E-state index in [1.54, 1.807) is 48.5 Å². The number of rotatable bonds is 6. The van der Waals surface area contributed by atoms with Crippen molar-refractivity contribution < 1.29 is 13.2 Å². The largest absolute Gasteiger partial charge is 0.206 e. The molecule has 0 spiro atoms. The van der Waals surface area contributed by atoms with E-state index in [0.717, 1.165) is 24.8 Å². The highest BCUT2D eigenvalue weighted by atomic mass is 19.2. The van der Waals surface area contributed by atoms with Gasteiger partial charge in [0.2, 0.25) is 0 Å². The summed E-state index contributed by atoms with van der Waals surface area (Å²) in [5.74, 6) is 10.1. The lowest BCUT2D eigenvalue weighted by Crippen LogP contribution is -1.95. The number of aryl methyl sites for hydroxylation is 1. The third-order valence-electron chi connectivity index (χ3n) is 6.05. The Kier molecular flexibility index (Phi) is 8.15. The molecule has 0 heterocycles. The van der Waals surface area contributed by atoms with Gasteiger partial charge in [-0.05, 0) is 77.0 Å². The van der Waals surface area contributed by atoms with Gasteiger partial charge in [-0.2, -0.15) is 0 Å². The summed E-state index contributed by atoms with van der Waals surface area (Å²) in [6.07, 6.45) is 8.18. The Morgan fingerprint density at radius 1 is 0.649 bits per heavy atom. The number of hydrogen-bond donors (Lipinski definition) is 0. The molecule has 0 N–H and O–H groups in total. The fraction of sp³-hybridized carbons (Fsp3) is 0.118. The average Bonchev–Trinajstić information content (AvgIpc) is 2.92. The highest BCUT2D eigenvalue weighted by molar-refractivity contribution is 5.75. The standard InChI is InChI=1S/C34H23F3/c1-3-5-7-8-10-25-11-15-26(16-12-25)29-20-19-28(23-32(29)35)31-22-21-30(33(36)34(31)37)27-17-13-24(14-18-27)9-6-4-2/h1,11-23H,4,6,9H2,2H3. The van der Waals surface area contributed by atoms with Crippen LogP contribution in [-0.2, 0) is 6.42 Å². The van der Waals surface area contributed by atoms with E-state index >= 15 is 13.2 Å². The Bertz CT molecular complexity index is 1580. The first-order valence-corrected chi connectivity index (χ1v) is 12.0. The van der Waals surface area contributed by atoms with Crippen molar-refractivity contribution in [2.24, 2.45) is 0 Å². The van der Waals surface area contributed by atoms with Crippen molar-refractivity contribution in [2.75, 3.05) is 0 Å². The van der Waals surface area contributed by atoms with Gasteiger partial charge < -0.3 is 0 Å². The van der Waals surface area contributed by atoms with E-state index in [2.05, 4.69) is 36.5 Å². The molecule has 0 saturated carbocycles. The molecule has 180 valence electrons. The first kappa shape index (κ1) is 25.4. The van der Waals surface area contributed by atoms with Gasteiger partial charge in [0, 0.05) is 22.3 Å². The molecule has 0 saturated heterocycles. The Morgan fingerprint density at radius 3 is 1.84 bits per heavy atom. The minimum Gasteiger partial charge on any atom is -0.206 e. The summed E-state index contributed by atoms with van der Waals surface area (Å²) in [6.45, 7) is 2.13. The zero-order valence-corrected chi connectivity index (χ0v) is 20.3. The molecular formula is C34H23F3. The van der Waals surface area contributed by atoms with Crippen molar-refractivity contribution in [1.82, 2.24) is 0 Å². The van der Waals surface area contributed by atoms with Crippen LogP contribution in [0.15, 0.2) is 78.9 Å². The molecule has 0 bridgehead atoms. The van der Waals surface area contributed by atoms with Crippen LogP contribution in [0.1, 0.15) is 30.9 Å². The Morgan fingerprint density at radius 2 is 1.22 bits per heavy atom. The molecule has 0 atom stereocenters. The zero-order chi connectivity index (χ0) is 26.2. The molecule has 0 aliphatic carbocycles. The molecule has 0 aliphatic heterocycles. The highest BCUT2D eigenvalue weighted by Gasteiger charge is 2.17. The van der Waals surface area contributed by atoms with Crippen LogP contribution < -0.4 is 0 Å². The lowest BCUT2D eigenvalue weighted by molar-refractivity contribution is 0.513. The normalized spacial score (nSPS) is 10.0. The van der Waals surface area contributed by atoms with Crippen LogP contribution >= 0.6 is 0 Å². The minimum absolute atomic E-state index is 0.00460. The number of halogens is 3. The second kappa shape index (κ2) is 11.9. The second-order valence-corrected chi connectivity index (χ2v) is 8.51. The summed E-state index contributed by atoms with van der Waals surface area (Å²) in [4.78, 5) is 0. The highest BCUT2D eigenvalue weighted by Crippen LogP contribution is 2.34. The maximum Gasteiger partial charge on any atom is 0.167 e. The number of benzene rings is 4. The fourth-order valence-electron chi connectivity index (χ4n) is 4.05. The molecule has 4 rings (SSSR count). The van der Waals surface area contributed by atoms with Gasteiger partial charge in [0.1, 0.15) is 5.82 Å². The molecule has 4 aromatic rings. The van der Waals surface area contributed by atoms with Crippen LogP contribution in [0, 0.1) is 53.5 Å². The summed E-state index contributed by atoms with van der Waals surface area (Å²) in [7, 11) is 0. The Hall–Kier alpha value is -4.65. The third-order valence-corrected chi connectivity index (χ3v) is 6.05. The van der Waals surface area contributed by atoms with E-state index in [0.29, 0.717) is 22.3 Å². The molecule has 0 aromatic heterocycles. The van der Waals surface area contributed by atoms with Crippen molar-refractivity contribution in [1.29, 1.82) is 0 Å². The summed E-state index contributed by atoms with van der Waals surface area (Å²) in [5, 5.41) is 0. The number of unbranched alkanes of at least 4 members (excludes halogenated alkanes) is 1. The molecule has 0 radical (unpaired) electrons. The van der Waals surface area contributed by atoms with Gasteiger partial charge in [0.25, 0.3) is 0 Å². The second-order valence-electron chi connectivity index (χ2n) is 8.51. The lowest BCUT2D eigenvalue weighted by Gasteiger charge is -2.11. The summed E-state index contributed by atoms with van der Waals surface area (Å²) < 4.78 is 45.2. The number of hydrogen-bond acceptors (Lipinski definition) is 0. The topological polar surface area (TPSA) is 0 Å². The van der Waals surface area contributed by atoms with Gasteiger partial charge >= 0.3 is 0 Å². The van der Waals surface area contributed by atoms with Crippen LogP contribution in [0.5, 0.6) is 0 Å². The van der Waals surface area contributed by atoms with Gasteiger partial charge in [-0.3, -0.25) is 0 Å². The van der Waals surface area contributed by atoms with Gasteiger partial charge in [-0.25, -0.2) is 13.2 Å². The zero-order valence-electron chi connectivity index (χ0n) is 20.3. The van der Waals surface area contributed by atoms with Crippen LogP contribution in [0.25, 0.3) is 33.4 Å². The number of terminal acetylenes is 1. The lowest BCUT2D eigenvalue weighted by atomic mass is 9.95. The van der Waals surface area contributed by atoms with Crippen molar-refractivity contribution >= 4 is 0 Å². The van der Waals surface area contributed by atoms with Crippen molar-refractivity contribution in [3.63, 3.8) is 0 Å². The Balaban J connectivity index is 1.58. The van der Waals surface area contributed by atoms with E-state index in [1.807, 2.05) is 12.1 Å². The fourth-order valence-corrected chi connectivity index (χ4v) is 4.05. The summed E-state index contributed by atoms with van der Waals surface area (Å²) in [6, 6.07) is 21.8. The summed E-state index contributed by atoms with van der Waals surface area (Å²) >= 11 is 0. The molecule has 0 aliphatic rings. The summed E-state index contributed by atoms with van der Waals surface area (Å²) in [5.41, 5.74) is 3.88. The van der Waals surface area contributed by atoms with Gasteiger partial charge in [-0.1, -0.05) is 79.9 Å². The average molecular weight is 489 g/mol. The van der Waals surface area contributed by atoms with Crippen molar-refractivity contribution in [3.05, 3.63) is 107 Å². The molecule has 0 unspecified atom stereocenters. The maximum absolute atomic E-state index is 15.1. The smallest absolute Gasteiger partial charge is 0.167 e. The third kappa shape index (κ3) is 5.95. The van der Waals surface area contributed by atoms with E-state index in [-0.39, 0.29) is 16.7 Å². The van der Waals surface area contributed by atoms with Crippen molar-refractivity contribution in [2.45, 2.75) is 26.2 Å². The molecule has 3 heteroatoms. The van der Waals surface area contributed by atoms with Crippen molar-refractivity contribution in [3.8, 4) is 69.4 Å². The predicted octanol–water partition coefficient (Wildman–Crippen LogP) is 8.44. The molecule has 0 amide bonds. The van der Waals surface area contributed by atoms with Gasteiger partial charge in [0.05, 0.1) is 0 Å². The quantitative estimate of drug-likeness (QED) is 0.239. The maximum atomic E-state index is 15.1. The van der Waals surface area contributed by atoms with E-state index in [9.17, 15) is 0 Å². The monoisotopic (exact) mass is 488 g/mol. The molecule has 0 nitrogen and oxygen atoms in total. The Labute approximate surface area is 216 Å². The van der Waals surface area contributed by atoms with Gasteiger partial charge in [0.15, 0.2) is 11.6 Å². The van der Waals surface area contributed by atoms with Crippen LogP contribution in [0.3, 0.4) is 0 Å². The molecular weight excluding hydrogens is 465 g/mol. The molecule has 4 aromatic carbocycles. The first-order chi connectivity index (χ1) is 18.0. The van der Waals surface area contributed by atoms with E-state index in [4.69, 9.17) is 6.42 Å². The minimum atomic E-state index is -1.00. The SMILES string of the molecule is C#CC#CC#Cc1ccc(-c2ccc(-c3ccc(-c4ccc(CCCC)cc4)c(F)c3F)cc2F)cc1. The van der Waals surface area contributed by atoms with Crippen LogP contribution in [-0.4, -0.2) is 0 Å². The van der Waals surface area contributed by atoms with E-state index < -0.39 is 17.5 Å². The predicted molar refractivity (Wildman–Crippen MR) is 145 cm³/mol. The molecule has 37 heavy (non-hydrogen) atoms. The van der Waals surface area contributed by atoms with E-state index in [1.165, 1.54) is 18.2 Å². The van der Waals surface area contributed by atoms with Crippen LogP contribution in [0.4, 0.5) is 13.2 Å². The molecule has 0 fully saturated rings. The first-order valence-electron chi connectivity index (χ1n) is 12.0.